The second-order valence-electron chi connectivity index (χ2n) is 8.79. The molecule has 11 nitrogen and oxygen atoms in total. The van der Waals surface area contributed by atoms with Crippen LogP contribution in [0.1, 0.15) is 38.7 Å². The first-order valence-electron chi connectivity index (χ1n) is 11.8. The predicted octanol–water partition coefficient (Wildman–Crippen LogP) is 4.25. The number of nitrogens with zero attached hydrogens (tertiary/aromatic N) is 5. The Morgan fingerprint density at radius 1 is 1.07 bits per heavy atom. The van der Waals surface area contributed by atoms with Crippen molar-refractivity contribution in [1.82, 2.24) is 19.3 Å². The topological polar surface area (TPSA) is 149 Å². The summed E-state index contributed by atoms with van der Waals surface area (Å²) in [6, 6.07) is 12.8. The van der Waals surface area contributed by atoms with Gasteiger partial charge >= 0.3 is 12.1 Å². The van der Waals surface area contributed by atoms with Crippen molar-refractivity contribution in [3.05, 3.63) is 108 Å². The van der Waals surface area contributed by atoms with E-state index in [1.807, 2.05) is 6.07 Å². The molecule has 0 bridgehead atoms. The number of nitriles is 1. The van der Waals surface area contributed by atoms with Gasteiger partial charge < -0.3 is 14.6 Å². The minimum atomic E-state index is -5.11. The molecule has 1 N–H and O–H groups in total. The molecule has 0 radical (unpaired) electrons. The SMILES string of the molecule is COc1ccc(Cn2nc(Cn3c(C(F)(F)F)nc(C)c(Oc4cc(Cl)cc(C#N)c4)c3=O)cc(C(=O)O)c2=O)cc1. The highest BCUT2D eigenvalue weighted by Gasteiger charge is 2.38. The van der Waals surface area contributed by atoms with Gasteiger partial charge in [0.05, 0.1) is 43.2 Å². The molecule has 15 heteroatoms. The van der Waals surface area contributed by atoms with E-state index in [0.29, 0.717) is 11.3 Å². The van der Waals surface area contributed by atoms with Gasteiger partial charge in [0.1, 0.15) is 17.1 Å². The summed E-state index contributed by atoms with van der Waals surface area (Å²) in [4.78, 5) is 41.6. The van der Waals surface area contributed by atoms with Gasteiger partial charge in [0.15, 0.2) is 0 Å². The van der Waals surface area contributed by atoms with E-state index in [0.717, 1.165) is 17.7 Å². The first-order chi connectivity index (χ1) is 19.8. The van der Waals surface area contributed by atoms with E-state index in [-0.39, 0.29) is 33.1 Å². The van der Waals surface area contributed by atoms with E-state index < -0.39 is 52.6 Å². The molecule has 0 aliphatic rings. The van der Waals surface area contributed by atoms with Crippen molar-refractivity contribution in [2.45, 2.75) is 26.2 Å². The lowest BCUT2D eigenvalue weighted by molar-refractivity contribution is -0.148. The highest BCUT2D eigenvalue weighted by atomic mass is 35.5. The number of halogens is 4. The van der Waals surface area contributed by atoms with Gasteiger partial charge in [-0.25, -0.2) is 14.5 Å². The van der Waals surface area contributed by atoms with Crippen LogP contribution in [0.4, 0.5) is 13.2 Å². The third-order valence-electron chi connectivity index (χ3n) is 5.84. The molecule has 4 rings (SSSR count). The molecule has 2 aromatic heterocycles. The van der Waals surface area contributed by atoms with Crippen molar-refractivity contribution in [3.63, 3.8) is 0 Å². The number of aromatic carboxylic acids is 1. The molecule has 0 saturated carbocycles. The minimum Gasteiger partial charge on any atom is -0.497 e. The lowest BCUT2D eigenvalue weighted by Gasteiger charge is -2.18. The average molecular weight is 602 g/mol. The fraction of sp³-hybridized carbons (Fsp3) is 0.185. The lowest BCUT2D eigenvalue weighted by atomic mass is 10.2. The Balaban J connectivity index is 1.84. The number of hydrogen-bond donors (Lipinski definition) is 1. The summed E-state index contributed by atoms with van der Waals surface area (Å²) < 4.78 is 53.7. The van der Waals surface area contributed by atoms with Crippen molar-refractivity contribution >= 4 is 17.6 Å². The largest absolute Gasteiger partial charge is 0.497 e. The molecule has 216 valence electrons. The maximum atomic E-state index is 14.0. The number of alkyl halides is 3. The first kappa shape index (κ1) is 29.8. The van der Waals surface area contributed by atoms with E-state index in [2.05, 4.69) is 10.1 Å². The van der Waals surface area contributed by atoms with Crippen LogP contribution < -0.4 is 20.6 Å². The average Bonchev–Trinajstić information content (AvgIpc) is 2.93. The number of methoxy groups -OCH3 is 1. The van der Waals surface area contributed by atoms with Crippen LogP contribution in [-0.4, -0.2) is 37.5 Å². The highest BCUT2D eigenvalue weighted by molar-refractivity contribution is 6.30. The van der Waals surface area contributed by atoms with Gasteiger partial charge in [0, 0.05) is 5.02 Å². The second kappa shape index (κ2) is 11.8. The number of aryl methyl sites for hydroxylation is 1. The molecule has 0 unspecified atom stereocenters. The van der Waals surface area contributed by atoms with E-state index >= 15 is 0 Å². The molecule has 0 fully saturated rings. The second-order valence-corrected chi connectivity index (χ2v) is 9.23. The van der Waals surface area contributed by atoms with Crippen LogP contribution in [0.2, 0.25) is 5.02 Å². The van der Waals surface area contributed by atoms with E-state index in [9.17, 15) is 32.7 Å². The number of benzene rings is 2. The van der Waals surface area contributed by atoms with Crippen molar-refractivity contribution < 1.29 is 32.5 Å². The standard InChI is InChI=1S/C27H19ClF3N5O6/c1-14-22(42-20-8-16(11-32)7-17(28)9-20)24(38)35(26(33-14)27(29,30)31)13-18-10-21(25(39)40)23(37)36(34-18)12-15-3-5-19(41-2)6-4-15/h3-10H,12-13H2,1-2H3,(H,39,40). The summed E-state index contributed by atoms with van der Waals surface area (Å²) in [7, 11) is 1.45. The summed E-state index contributed by atoms with van der Waals surface area (Å²) in [5, 5.41) is 22.9. The molecular weight excluding hydrogens is 583 g/mol. The number of rotatable bonds is 8. The summed E-state index contributed by atoms with van der Waals surface area (Å²) in [6.45, 7) is -0.0180. The van der Waals surface area contributed by atoms with Crippen LogP contribution in [0.25, 0.3) is 0 Å². The van der Waals surface area contributed by atoms with Crippen LogP contribution in [0, 0.1) is 18.3 Å². The van der Waals surface area contributed by atoms with Crippen LogP contribution in [0.5, 0.6) is 17.2 Å². The first-order valence-corrected chi connectivity index (χ1v) is 12.2. The number of aromatic nitrogens is 4. The summed E-state index contributed by atoms with van der Waals surface area (Å²) in [5.41, 5.74) is -3.23. The smallest absolute Gasteiger partial charge is 0.449 e. The van der Waals surface area contributed by atoms with Gasteiger partial charge in [-0.3, -0.25) is 14.2 Å². The van der Waals surface area contributed by atoms with Gasteiger partial charge in [-0.1, -0.05) is 23.7 Å². The Hall–Kier alpha value is -5.16. The Morgan fingerprint density at radius 2 is 1.76 bits per heavy atom. The lowest BCUT2D eigenvalue weighted by Crippen LogP contribution is -2.34. The number of carboxylic acid groups (broad SMARTS) is 1. The molecule has 0 saturated heterocycles. The van der Waals surface area contributed by atoms with Crippen LogP contribution in [-0.2, 0) is 19.3 Å². The van der Waals surface area contributed by atoms with Crippen molar-refractivity contribution in [1.29, 1.82) is 5.26 Å². The van der Waals surface area contributed by atoms with Gasteiger partial charge in [0.25, 0.3) is 11.1 Å². The van der Waals surface area contributed by atoms with Gasteiger partial charge in [-0.2, -0.15) is 23.5 Å². The van der Waals surface area contributed by atoms with Crippen molar-refractivity contribution in [2.24, 2.45) is 0 Å². The molecule has 4 aromatic rings. The maximum absolute atomic E-state index is 14.0. The monoisotopic (exact) mass is 601 g/mol. The predicted molar refractivity (Wildman–Crippen MR) is 141 cm³/mol. The Labute approximate surface area is 239 Å². The normalized spacial score (nSPS) is 11.2. The summed E-state index contributed by atoms with van der Waals surface area (Å²) in [5.74, 6) is -3.43. The third-order valence-corrected chi connectivity index (χ3v) is 6.06. The third kappa shape index (κ3) is 6.42. The molecule has 2 heterocycles. The molecule has 42 heavy (non-hydrogen) atoms. The van der Waals surface area contributed by atoms with Crippen LogP contribution in [0.3, 0.4) is 0 Å². The fourth-order valence-electron chi connectivity index (χ4n) is 3.93. The van der Waals surface area contributed by atoms with E-state index in [4.69, 9.17) is 26.3 Å². The zero-order valence-corrected chi connectivity index (χ0v) is 22.5. The number of ether oxygens (including phenoxy) is 2. The summed E-state index contributed by atoms with van der Waals surface area (Å²) in [6.07, 6.45) is -5.11. The Morgan fingerprint density at radius 3 is 2.36 bits per heavy atom. The number of hydrogen-bond acceptors (Lipinski definition) is 8. The zero-order chi connectivity index (χ0) is 30.8. The zero-order valence-electron chi connectivity index (χ0n) is 21.8. The molecular formula is C27H19ClF3N5O6. The molecule has 0 aliphatic carbocycles. The van der Waals surface area contributed by atoms with Crippen LogP contribution in [0.15, 0.2) is 58.1 Å². The Bertz CT molecular complexity index is 1850. The molecule has 0 amide bonds. The van der Waals surface area contributed by atoms with Crippen molar-refractivity contribution in [3.8, 4) is 23.3 Å². The number of carbonyl (C=O) groups is 1. The van der Waals surface area contributed by atoms with E-state index in [1.165, 1.54) is 25.3 Å². The minimum absolute atomic E-state index is 0.0693. The van der Waals surface area contributed by atoms with Gasteiger partial charge in [-0.15, -0.1) is 0 Å². The Kier molecular flexibility index (Phi) is 8.34. The summed E-state index contributed by atoms with van der Waals surface area (Å²) >= 11 is 5.97. The van der Waals surface area contributed by atoms with E-state index in [1.54, 1.807) is 24.3 Å². The molecule has 0 spiro atoms. The number of carboxylic acids is 1. The van der Waals surface area contributed by atoms with Crippen LogP contribution >= 0.6 is 11.6 Å². The van der Waals surface area contributed by atoms with Gasteiger partial charge in [-0.05, 0) is 48.9 Å². The maximum Gasteiger partial charge on any atom is 0.449 e. The quantitative estimate of drug-likeness (QED) is 0.313. The molecule has 2 aromatic carbocycles. The van der Waals surface area contributed by atoms with Crippen molar-refractivity contribution in [2.75, 3.05) is 7.11 Å². The molecule has 0 atom stereocenters. The fourth-order valence-corrected chi connectivity index (χ4v) is 4.15. The molecule has 0 aliphatic heterocycles. The highest BCUT2D eigenvalue weighted by Crippen LogP contribution is 2.31. The van der Waals surface area contributed by atoms with Gasteiger partial charge in [0.2, 0.25) is 11.6 Å².